The molecular weight excluding hydrogens is 881 g/mol. The molecule has 9 aromatic rings. The minimum atomic E-state index is -0.251. The van der Waals surface area contributed by atoms with E-state index < -0.39 is 0 Å². The molecule has 4 nitrogen and oxygen atoms in total. The summed E-state index contributed by atoms with van der Waals surface area (Å²) < 4.78 is 2.79. The maximum Gasteiger partial charge on any atom is 0.197 e. The van der Waals surface area contributed by atoms with Crippen LogP contribution in [0.15, 0.2) is 126 Å². The summed E-state index contributed by atoms with van der Waals surface area (Å²) in [6.07, 6.45) is 17.3. The van der Waals surface area contributed by atoms with E-state index in [1.165, 1.54) is 66.4 Å². The number of hydrogen-bond donors (Lipinski definition) is 0. The van der Waals surface area contributed by atoms with Crippen LogP contribution in [0.3, 0.4) is 0 Å². The van der Waals surface area contributed by atoms with Gasteiger partial charge in [0, 0.05) is 53.3 Å². The molecule has 0 atom stereocenters. The third-order valence-corrected chi connectivity index (χ3v) is 20.2. The summed E-state index contributed by atoms with van der Waals surface area (Å²) in [6.45, 7) is 0. The van der Waals surface area contributed by atoms with E-state index >= 15 is 0 Å². The third-order valence-electron chi connectivity index (χ3n) is 16.5. The number of rotatable bonds is 2. The van der Waals surface area contributed by atoms with E-state index in [-0.39, 0.29) is 39.5 Å². The van der Waals surface area contributed by atoms with Crippen molar-refractivity contribution in [3.8, 4) is 9.75 Å². The number of hydrogen-bond acceptors (Lipinski definition) is 7. The second kappa shape index (κ2) is 13.6. The van der Waals surface area contributed by atoms with Crippen molar-refractivity contribution < 1.29 is 19.2 Å². The molecule has 0 amide bonds. The van der Waals surface area contributed by atoms with Crippen LogP contribution in [0.5, 0.6) is 0 Å². The Balaban J connectivity index is 0.825. The Morgan fingerprint density at radius 2 is 0.866 bits per heavy atom. The maximum absolute atomic E-state index is 14.3. The van der Waals surface area contributed by atoms with Crippen molar-refractivity contribution in [1.29, 1.82) is 0 Å². The highest BCUT2D eigenvalue weighted by atomic mass is 32.1. The molecule has 0 unspecified atom stereocenters. The maximum atomic E-state index is 14.3. The zero-order valence-electron chi connectivity index (χ0n) is 36.5. The largest absolute Gasteiger partial charge is 0.288 e. The summed E-state index contributed by atoms with van der Waals surface area (Å²) in [7, 11) is 0. The van der Waals surface area contributed by atoms with E-state index in [1.54, 1.807) is 11.3 Å². The zero-order chi connectivity index (χ0) is 44.5. The van der Waals surface area contributed by atoms with Gasteiger partial charge in [-0.1, -0.05) is 87.1 Å². The summed E-state index contributed by atoms with van der Waals surface area (Å²) in [4.78, 5) is 61.8. The van der Waals surface area contributed by atoms with E-state index in [2.05, 4.69) is 60.7 Å². The molecule has 0 saturated heterocycles. The molecule has 0 bridgehead atoms. The van der Waals surface area contributed by atoms with Crippen LogP contribution >= 0.6 is 34.0 Å². The van der Waals surface area contributed by atoms with Gasteiger partial charge in [0.1, 0.15) is 0 Å². The minimum absolute atomic E-state index is 0.0997. The summed E-state index contributed by atoms with van der Waals surface area (Å²) in [5.74, 6) is -0.710. The first-order valence-corrected chi connectivity index (χ1v) is 26.2. The fourth-order valence-electron chi connectivity index (χ4n) is 13.3. The first kappa shape index (κ1) is 38.7. The summed E-state index contributed by atoms with van der Waals surface area (Å²) in [5.41, 5.74) is 7.62. The number of benzene rings is 6. The average molecular weight is 921 g/mol. The van der Waals surface area contributed by atoms with Gasteiger partial charge >= 0.3 is 0 Å². The second-order valence-electron chi connectivity index (χ2n) is 19.9. The van der Waals surface area contributed by atoms with Crippen molar-refractivity contribution in [2.45, 2.75) is 75.0 Å². The van der Waals surface area contributed by atoms with Crippen LogP contribution in [-0.2, 0) is 10.8 Å². The number of carbonyl (C=O) groups is 4. The summed E-state index contributed by atoms with van der Waals surface area (Å²) in [6, 6.07) is 34.9. The normalized spacial score (nSPS) is 18.8. The number of Topliss-reactive ketones (excluding diaryl/α,β-unsaturated/α-hetero) is 4. The molecule has 15 rings (SSSR count). The number of allylic oxidation sites excluding steroid dienone is 4. The lowest BCUT2D eigenvalue weighted by molar-refractivity contribution is 0.0974. The molecule has 3 heterocycles. The van der Waals surface area contributed by atoms with E-state index in [0.29, 0.717) is 27.8 Å². The van der Waals surface area contributed by atoms with Gasteiger partial charge in [0.05, 0.1) is 25.4 Å². The molecule has 0 N–H and O–H groups in total. The van der Waals surface area contributed by atoms with Crippen LogP contribution in [0.4, 0.5) is 0 Å². The van der Waals surface area contributed by atoms with Gasteiger partial charge in [-0.05, 0) is 158 Å². The van der Waals surface area contributed by atoms with Gasteiger partial charge in [-0.2, -0.15) is 0 Å². The van der Waals surface area contributed by atoms with Gasteiger partial charge in [0.2, 0.25) is 0 Å². The topological polar surface area (TPSA) is 68.3 Å². The van der Waals surface area contributed by atoms with Crippen LogP contribution in [0.25, 0.3) is 74.4 Å². The van der Waals surface area contributed by atoms with Crippen LogP contribution in [0.1, 0.15) is 132 Å². The van der Waals surface area contributed by atoms with Crippen LogP contribution in [0, 0.1) is 0 Å². The SMILES string of the molecule is O=C1C(=CC2=Cc3sc4c5c(sc4c3C23CCCCC3)-c2sc(C=C3C(=O)c4cc6cc7ccccc7cc6cc4C3=O)cc2C52CCCCC2)C(=O)c2cc3cc4ccccc4cc3cc21. The van der Waals surface area contributed by atoms with E-state index in [1.807, 2.05) is 83.4 Å². The lowest BCUT2D eigenvalue weighted by atomic mass is 9.66. The average Bonchev–Trinajstić information content (AvgIpc) is 4.20. The van der Waals surface area contributed by atoms with E-state index in [0.717, 1.165) is 92.1 Å². The van der Waals surface area contributed by atoms with Gasteiger partial charge in [-0.15, -0.1) is 34.0 Å². The molecule has 6 aliphatic carbocycles. The minimum Gasteiger partial charge on any atom is -0.288 e. The Labute approximate surface area is 398 Å². The van der Waals surface area contributed by atoms with Crippen molar-refractivity contribution in [2.75, 3.05) is 0 Å². The lowest BCUT2D eigenvalue weighted by Crippen LogP contribution is -2.29. The highest BCUT2D eigenvalue weighted by Crippen LogP contribution is 2.67. The smallest absolute Gasteiger partial charge is 0.197 e. The van der Waals surface area contributed by atoms with Crippen molar-refractivity contribution in [1.82, 2.24) is 0 Å². The van der Waals surface area contributed by atoms with E-state index in [4.69, 9.17) is 0 Å². The fourth-order valence-corrected chi connectivity index (χ4v) is 17.9. The Kier molecular flexibility index (Phi) is 7.87. The lowest BCUT2D eigenvalue weighted by Gasteiger charge is -2.36. The van der Waals surface area contributed by atoms with Crippen molar-refractivity contribution >= 4 is 122 Å². The Morgan fingerprint density at radius 1 is 0.418 bits per heavy atom. The Morgan fingerprint density at radius 3 is 1.36 bits per heavy atom. The number of ketones is 4. The predicted molar refractivity (Wildman–Crippen MR) is 276 cm³/mol. The van der Waals surface area contributed by atoms with Gasteiger partial charge in [-0.25, -0.2) is 0 Å². The molecule has 6 aromatic carbocycles. The van der Waals surface area contributed by atoms with Gasteiger partial charge in [0.25, 0.3) is 0 Å². The zero-order valence-corrected chi connectivity index (χ0v) is 38.9. The molecule has 6 aliphatic rings. The molecule has 0 radical (unpaired) electrons. The molecule has 0 aliphatic heterocycles. The molecule has 2 spiro atoms. The molecule has 2 saturated carbocycles. The first-order valence-electron chi connectivity index (χ1n) is 23.8. The molecule has 7 heteroatoms. The fraction of sp³-hybridized carbons (Fsp3) is 0.200. The first-order chi connectivity index (χ1) is 32.8. The Hall–Kier alpha value is -6.38. The molecular formula is C60H40O4S3. The second-order valence-corrected chi connectivity index (χ2v) is 23.1. The summed E-state index contributed by atoms with van der Waals surface area (Å²) >= 11 is 5.61. The van der Waals surface area contributed by atoms with E-state index in [9.17, 15) is 19.2 Å². The van der Waals surface area contributed by atoms with Crippen LogP contribution in [0.2, 0.25) is 0 Å². The monoisotopic (exact) mass is 920 g/mol. The number of fused-ring (bicyclic) bond motifs is 16. The summed E-state index contributed by atoms with van der Waals surface area (Å²) in [5, 5.41) is 8.33. The van der Waals surface area contributed by atoms with Crippen molar-refractivity contribution in [3.63, 3.8) is 0 Å². The van der Waals surface area contributed by atoms with Crippen LogP contribution in [-0.4, -0.2) is 23.1 Å². The molecule has 3 aromatic heterocycles. The molecule has 2 fully saturated rings. The Bertz CT molecular complexity index is 3810. The highest BCUT2D eigenvalue weighted by molar-refractivity contribution is 7.32. The van der Waals surface area contributed by atoms with Crippen LogP contribution < -0.4 is 0 Å². The molecule has 322 valence electrons. The van der Waals surface area contributed by atoms with Gasteiger partial charge in [-0.3, -0.25) is 19.2 Å². The standard InChI is InChI=1S/C60H40O4S3/c61-51-41-23-35-19-31-11-3-4-12-32(31)20-36(35)24-42(41)52(62)45(51)27-39-28-48-49(59(39)15-7-1-8-16-59)56-58(66-48)50-57(67-56)55-47(60(50)17-9-2-10-18-60)30-40(65-55)29-46-53(63)43-25-37-21-33-13-5-6-14-34(33)22-38(37)26-44(43)54(46)64/h3-6,11-14,19-30H,1-2,7-10,15-18H2. The van der Waals surface area contributed by atoms with Gasteiger partial charge in [0.15, 0.2) is 23.1 Å². The molecule has 67 heavy (non-hydrogen) atoms. The van der Waals surface area contributed by atoms with Crippen molar-refractivity contribution in [2.24, 2.45) is 0 Å². The van der Waals surface area contributed by atoms with Crippen molar-refractivity contribution in [3.05, 3.63) is 175 Å². The third kappa shape index (κ3) is 5.17. The predicted octanol–water partition coefficient (Wildman–Crippen LogP) is 15.9. The number of carbonyl (C=O) groups excluding carboxylic acids is 4. The highest BCUT2D eigenvalue weighted by Gasteiger charge is 2.51. The quantitative estimate of drug-likeness (QED) is 0.0984. The number of thiophene rings is 3. The van der Waals surface area contributed by atoms with Gasteiger partial charge < -0.3 is 0 Å².